The average molecular weight is 450 g/mol. The first-order chi connectivity index (χ1) is 16.2. The van der Waals surface area contributed by atoms with Gasteiger partial charge in [-0.3, -0.25) is 0 Å². The third-order valence-electron chi connectivity index (χ3n) is 6.90. The first kappa shape index (κ1) is 21.0. The number of aliphatic hydroxyl groups is 1. The molecule has 6 heteroatoms. The van der Waals surface area contributed by atoms with Crippen LogP contribution in [0.5, 0.6) is 0 Å². The van der Waals surface area contributed by atoms with E-state index in [-0.39, 0.29) is 0 Å². The van der Waals surface area contributed by atoms with Gasteiger partial charge in [-0.2, -0.15) is 9.61 Å². The van der Waals surface area contributed by atoms with Gasteiger partial charge >= 0.3 is 0 Å². The van der Waals surface area contributed by atoms with Crippen molar-refractivity contribution in [1.29, 1.82) is 0 Å². The highest BCUT2D eigenvalue weighted by molar-refractivity contribution is 5.92. The van der Waals surface area contributed by atoms with E-state index in [1.54, 1.807) is 0 Å². The monoisotopic (exact) mass is 449 g/mol. The lowest BCUT2D eigenvalue weighted by Gasteiger charge is -2.49. The van der Waals surface area contributed by atoms with Gasteiger partial charge in [0.25, 0.3) is 0 Å². The summed E-state index contributed by atoms with van der Waals surface area (Å²) in [5.41, 5.74) is 13.9. The van der Waals surface area contributed by atoms with Gasteiger partial charge in [-0.25, -0.2) is 9.97 Å². The maximum atomic E-state index is 10.2. The molecule has 34 heavy (non-hydrogen) atoms. The summed E-state index contributed by atoms with van der Waals surface area (Å²) in [4.78, 5) is 9.92. The molecule has 6 rings (SSSR count). The van der Waals surface area contributed by atoms with E-state index in [1.165, 1.54) is 0 Å². The van der Waals surface area contributed by atoms with Gasteiger partial charge in [0.05, 0.1) is 22.7 Å². The molecule has 3 aromatic heterocycles. The Balaban J connectivity index is 1.56. The number of aromatic nitrogens is 4. The third kappa shape index (κ3) is 3.30. The van der Waals surface area contributed by atoms with Crippen molar-refractivity contribution in [2.24, 2.45) is 5.73 Å². The Labute approximate surface area is 198 Å². The van der Waals surface area contributed by atoms with Gasteiger partial charge in [0.1, 0.15) is 0 Å². The zero-order valence-electron chi connectivity index (χ0n) is 19.6. The van der Waals surface area contributed by atoms with Gasteiger partial charge in [0.15, 0.2) is 11.3 Å². The number of pyridine rings is 1. The predicted molar refractivity (Wildman–Crippen MR) is 134 cm³/mol. The molecular weight excluding hydrogens is 422 g/mol. The molecule has 1 saturated carbocycles. The lowest BCUT2D eigenvalue weighted by Crippen LogP contribution is -2.58. The minimum absolute atomic E-state index is 0.483. The summed E-state index contributed by atoms with van der Waals surface area (Å²) >= 11 is 0. The highest BCUT2D eigenvalue weighted by Gasteiger charge is 2.49. The SMILES string of the molecule is Cc1cc2nc(C)c3cc(-c4ccccc4)c(-c4ccc(C5(N)CC(C)(O)C5)cc4)nc3n2n1. The largest absolute Gasteiger partial charge is 0.390 e. The summed E-state index contributed by atoms with van der Waals surface area (Å²) < 4.78 is 1.83. The minimum Gasteiger partial charge on any atom is -0.390 e. The highest BCUT2D eigenvalue weighted by atomic mass is 16.3. The second-order valence-electron chi connectivity index (χ2n) is 9.96. The number of rotatable bonds is 3. The molecule has 3 heterocycles. The highest BCUT2D eigenvalue weighted by Crippen LogP contribution is 2.46. The Hall–Kier alpha value is -3.61. The van der Waals surface area contributed by atoms with Crippen LogP contribution in [0.25, 0.3) is 39.1 Å². The zero-order chi connectivity index (χ0) is 23.7. The number of hydrogen-bond acceptors (Lipinski definition) is 5. The number of benzene rings is 2. The van der Waals surface area contributed by atoms with Crippen LogP contribution in [0.1, 0.15) is 36.7 Å². The molecular formula is C28H27N5O. The van der Waals surface area contributed by atoms with Gasteiger partial charge in [0.2, 0.25) is 0 Å². The first-order valence-corrected chi connectivity index (χ1v) is 11.6. The Morgan fingerprint density at radius 1 is 0.912 bits per heavy atom. The molecule has 1 aliphatic rings. The molecule has 0 unspecified atom stereocenters. The predicted octanol–water partition coefficient (Wildman–Crippen LogP) is 4.93. The second-order valence-corrected chi connectivity index (χ2v) is 9.96. The van der Waals surface area contributed by atoms with Crippen LogP contribution in [0, 0.1) is 13.8 Å². The summed E-state index contributed by atoms with van der Waals surface area (Å²) in [6, 6.07) is 22.7. The number of fused-ring (bicyclic) bond motifs is 3. The van der Waals surface area contributed by atoms with E-state index in [0.29, 0.717) is 12.8 Å². The molecule has 2 aromatic carbocycles. The molecule has 0 saturated heterocycles. The van der Waals surface area contributed by atoms with Crippen LogP contribution in [0.3, 0.4) is 0 Å². The van der Waals surface area contributed by atoms with Gasteiger partial charge in [-0.05, 0) is 50.8 Å². The number of aryl methyl sites for hydroxylation is 2. The lowest BCUT2D eigenvalue weighted by atomic mass is 9.63. The molecule has 5 aromatic rings. The molecule has 0 atom stereocenters. The molecule has 0 radical (unpaired) electrons. The van der Waals surface area contributed by atoms with Crippen molar-refractivity contribution in [2.75, 3.05) is 0 Å². The number of hydrogen-bond donors (Lipinski definition) is 2. The van der Waals surface area contributed by atoms with Crippen molar-refractivity contribution in [3.05, 3.63) is 83.7 Å². The van der Waals surface area contributed by atoms with Crippen molar-refractivity contribution in [2.45, 2.75) is 44.8 Å². The Bertz CT molecular complexity index is 1540. The summed E-state index contributed by atoms with van der Waals surface area (Å²) in [6.07, 6.45) is 1.12. The van der Waals surface area contributed by atoms with E-state index in [9.17, 15) is 5.11 Å². The van der Waals surface area contributed by atoms with Crippen molar-refractivity contribution in [3.8, 4) is 22.4 Å². The number of nitrogens with two attached hydrogens (primary N) is 1. The molecule has 1 fully saturated rings. The average Bonchev–Trinajstić information content (AvgIpc) is 3.18. The van der Waals surface area contributed by atoms with Crippen molar-refractivity contribution >= 4 is 16.7 Å². The minimum atomic E-state index is -0.688. The summed E-state index contributed by atoms with van der Waals surface area (Å²) in [6.45, 7) is 5.82. The maximum absolute atomic E-state index is 10.2. The lowest BCUT2D eigenvalue weighted by molar-refractivity contribution is -0.0738. The van der Waals surface area contributed by atoms with E-state index in [4.69, 9.17) is 15.7 Å². The van der Waals surface area contributed by atoms with E-state index in [2.05, 4.69) is 47.6 Å². The Morgan fingerprint density at radius 2 is 1.62 bits per heavy atom. The van der Waals surface area contributed by atoms with Crippen LogP contribution in [0.15, 0.2) is 66.7 Å². The van der Waals surface area contributed by atoms with Gasteiger partial charge in [-0.15, -0.1) is 0 Å². The molecule has 170 valence electrons. The van der Waals surface area contributed by atoms with Crippen molar-refractivity contribution in [1.82, 2.24) is 19.6 Å². The van der Waals surface area contributed by atoms with Crippen LogP contribution >= 0.6 is 0 Å². The fourth-order valence-corrected chi connectivity index (χ4v) is 5.41. The third-order valence-corrected chi connectivity index (χ3v) is 6.90. The fraction of sp³-hybridized carbons (Fsp3) is 0.250. The molecule has 0 amide bonds. The number of nitrogens with zero attached hydrogens (tertiary/aromatic N) is 4. The van der Waals surface area contributed by atoms with Gasteiger partial charge < -0.3 is 10.8 Å². The zero-order valence-corrected chi connectivity index (χ0v) is 19.6. The van der Waals surface area contributed by atoms with E-state index in [0.717, 1.165) is 56.0 Å². The molecule has 1 aliphatic carbocycles. The van der Waals surface area contributed by atoms with Crippen LogP contribution in [-0.2, 0) is 5.54 Å². The van der Waals surface area contributed by atoms with Crippen LogP contribution in [-0.4, -0.2) is 30.3 Å². The summed E-state index contributed by atoms with van der Waals surface area (Å²) in [7, 11) is 0. The maximum Gasteiger partial charge on any atom is 0.165 e. The molecule has 0 aliphatic heterocycles. The van der Waals surface area contributed by atoms with E-state index in [1.807, 2.05) is 49.6 Å². The molecule has 3 N–H and O–H groups in total. The topological polar surface area (TPSA) is 89.3 Å². The van der Waals surface area contributed by atoms with Crippen molar-refractivity contribution in [3.63, 3.8) is 0 Å². The standard InChI is InChI=1S/C28H27N5O/c1-17-13-24-30-18(2)22-14-23(19-7-5-4-6-8-19)25(31-26(22)33(24)32-17)20-9-11-21(12-10-20)28(29)15-27(3,34)16-28/h4-14,34H,15-16,29H2,1-3H3. The molecule has 6 nitrogen and oxygen atoms in total. The van der Waals surface area contributed by atoms with Crippen LogP contribution in [0.2, 0.25) is 0 Å². The van der Waals surface area contributed by atoms with E-state index >= 15 is 0 Å². The first-order valence-electron chi connectivity index (χ1n) is 11.6. The second kappa shape index (κ2) is 7.19. The fourth-order valence-electron chi connectivity index (χ4n) is 5.41. The molecule has 0 bridgehead atoms. The summed E-state index contributed by atoms with van der Waals surface area (Å²) in [5.74, 6) is 0. The van der Waals surface area contributed by atoms with Crippen LogP contribution in [0.4, 0.5) is 0 Å². The molecule has 0 spiro atoms. The smallest absolute Gasteiger partial charge is 0.165 e. The quantitative estimate of drug-likeness (QED) is 0.408. The van der Waals surface area contributed by atoms with Gasteiger partial charge in [0, 0.05) is 28.1 Å². The van der Waals surface area contributed by atoms with E-state index < -0.39 is 11.1 Å². The normalized spacial score (nSPS) is 22.3. The van der Waals surface area contributed by atoms with Gasteiger partial charge in [-0.1, -0.05) is 54.6 Å². The summed E-state index contributed by atoms with van der Waals surface area (Å²) in [5, 5.41) is 15.8. The Morgan fingerprint density at radius 3 is 2.29 bits per heavy atom. The van der Waals surface area contributed by atoms with Crippen molar-refractivity contribution < 1.29 is 5.11 Å². The van der Waals surface area contributed by atoms with Crippen LogP contribution < -0.4 is 5.73 Å². The Kier molecular flexibility index (Phi) is 4.43.